The first-order chi connectivity index (χ1) is 31.5. The summed E-state index contributed by atoms with van der Waals surface area (Å²) >= 11 is 0. The maximum absolute atomic E-state index is 3.33. The lowest BCUT2D eigenvalue weighted by atomic mass is 9.66. The van der Waals surface area contributed by atoms with Gasteiger partial charge in [-0.05, 0) is 131 Å². The lowest BCUT2D eigenvalue weighted by Gasteiger charge is -2.35. The van der Waals surface area contributed by atoms with Crippen molar-refractivity contribution in [2.24, 2.45) is 0 Å². The van der Waals surface area contributed by atoms with Crippen molar-refractivity contribution in [3.05, 3.63) is 273 Å². The Balaban J connectivity index is 1.11. The minimum Gasteiger partial charge on any atom is -0.120 e. The molecule has 0 aliphatic heterocycles. The van der Waals surface area contributed by atoms with Crippen molar-refractivity contribution in [1.29, 1.82) is 0 Å². The van der Waals surface area contributed by atoms with Crippen LogP contribution in [0.25, 0.3) is 39.0 Å². The van der Waals surface area contributed by atoms with Crippen LogP contribution in [0.4, 0.5) is 0 Å². The quantitative estimate of drug-likeness (QED) is 0.140. The normalized spacial score (nSPS) is 19.9. The van der Waals surface area contributed by atoms with Gasteiger partial charge in [0.25, 0.3) is 0 Å². The monoisotopic (exact) mass is 836 g/mol. The first-order valence-corrected chi connectivity index (χ1v) is 23.4. The Morgan fingerprint density at radius 3 is 1.94 bits per heavy atom. The van der Waals surface area contributed by atoms with Crippen molar-refractivity contribution < 1.29 is 0 Å². The molecule has 11 rings (SSSR count). The molecule has 4 aliphatic carbocycles. The molecule has 2 atom stereocenters. The average Bonchev–Trinajstić information content (AvgIpc) is 3.51. The summed E-state index contributed by atoms with van der Waals surface area (Å²) in [6.07, 6.45) is 17.3. The van der Waals surface area contributed by atoms with Gasteiger partial charge in [-0.25, -0.2) is 0 Å². The number of hydrogen-bond donors (Lipinski definition) is 0. The highest BCUT2D eigenvalue weighted by Crippen LogP contribution is 2.60. The van der Waals surface area contributed by atoms with Gasteiger partial charge >= 0.3 is 0 Å². The second kappa shape index (κ2) is 15.3. The number of fused-ring (bicyclic) bond motifs is 6. The molecule has 0 nitrogen and oxygen atoms in total. The first kappa shape index (κ1) is 40.8. The minimum absolute atomic E-state index is 0.0180. The van der Waals surface area contributed by atoms with Gasteiger partial charge in [0.1, 0.15) is 0 Å². The molecule has 0 radical (unpaired) electrons. The molecule has 0 saturated carbocycles. The van der Waals surface area contributed by atoms with E-state index >= 15 is 0 Å². The molecule has 316 valence electrons. The predicted molar refractivity (Wildman–Crippen MR) is 274 cm³/mol. The Hall–Kier alpha value is -6.98. The highest BCUT2D eigenvalue weighted by molar-refractivity contribution is 5.96. The van der Waals surface area contributed by atoms with E-state index in [9.17, 15) is 0 Å². The zero-order valence-corrected chi connectivity index (χ0v) is 38.5. The van der Waals surface area contributed by atoms with E-state index in [1.54, 1.807) is 0 Å². The van der Waals surface area contributed by atoms with Gasteiger partial charge in [-0.2, -0.15) is 0 Å². The fraction of sp³-hybridized carbons (Fsp3) is 0.185. The first-order valence-electron chi connectivity index (χ1n) is 23.4. The van der Waals surface area contributed by atoms with Gasteiger partial charge in [-0.1, -0.05) is 236 Å². The molecule has 0 aromatic heterocycles. The Kier molecular flexibility index (Phi) is 9.62. The summed E-state index contributed by atoms with van der Waals surface area (Å²) in [5.74, 6) is 0. The van der Waals surface area contributed by atoms with E-state index in [1.165, 1.54) is 94.6 Å². The SMILES string of the molecule is CC(C)(C)c1ccc(C2(c3ccc(C4=CC=CC=C=C4)cc3)c3cc(CC4=CCC5(C)C(=C4)C(C)(C)c4ccccc45)ccc3-c3c(-c4ccc(-c5ccccc5)cc4)cccc32)cc1. The molecule has 7 aromatic rings. The second-order valence-corrected chi connectivity index (χ2v) is 20.4. The fourth-order valence-corrected chi connectivity index (χ4v) is 11.8. The number of allylic oxidation sites excluding steroid dienone is 9. The molecule has 0 heteroatoms. The third-order valence-electron chi connectivity index (χ3n) is 15.2. The largest absolute Gasteiger partial charge is 0.120 e. The fourth-order valence-electron chi connectivity index (χ4n) is 11.8. The van der Waals surface area contributed by atoms with E-state index in [4.69, 9.17) is 0 Å². The van der Waals surface area contributed by atoms with Crippen molar-refractivity contribution in [2.45, 2.75) is 76.0 Å². The molecule has 65 heavy (non-hydrogen) atoms. The van der Waals surface area contributed by atoms with Crippen LogP contribution < -0.4 is 0 Å². The number of benzene rings is 7. The highest BCUT2D eigenvalue weighted by atomic mass is 14.5. The summed E-state index contributed by atoms with van der Waals surface area (Å²) in [5.41, 5.74) is 26.5. The smallest absolute Gasteiger partial charge is 0.0713 e. The Morgan fingerprint density at radius 1 is 0.554 bits per heavy atom. The zero-order chi connectivity index (χ0) is 44.6. The summed E-state index contributed by atoms with van der Waals surface area (Å²) < 4.78 is 0. The molecular formula is C65H56. The molecule has 4 aliphatic rings. The van der Waals surface area contributed by atoms with Crippen LogP contribution in [0, 0.1) is 0 Å². The van der Waals surface area contributed by atoms with Gasteiger partial charge in [0.2, 0.25) is 0 Å². The van der Waals surface area contributed by atoms with Gasteiger partial charge < -0.3 is 0 Å². The van der Waals surface area contributed by atoms with Crippen molar-refractivity contribution in [3.63, 3.8) is 0 Å². The molecule has 0 saturated heterocycles. The third kappa shape index (κ3) is 6.58. The molecule has 7 aromatic carbocycles. The summed E-state index contributed by atoms with van der Waals surface area (Å²) in [5, 5.41) is 0. The lowest BCUT2D eigenvalue weighted by Crippen LogP contribution is -2.29. The van der Waals surface area contributed by atoms with Crippen LogP contribution in [0.15, 0.2) is 223 Å². The standard InChI is InChI=1S/C65H56/c1-62(2,3)51-34-36-53(37-35-51)65(52-32-30-49(31-33-52)47-17-10-7-8-11-18-47)58-24-16-21-54(50-28-26-48(27-29-50)46-19-12-9-13-20-46)61(58)55-38-25-44(42-59(55)65)41-45-39-40-64(6)57-23-15-14-22-56(57)63(4,5)60(64)43-45/h7-10,12-39,42-43H,40-41H2,1-6H3. The van der Waals surface area contributed by atoms with Crippen molar-refractivity contribution >= 4 is 5.57 Å². The van der Waals surface area contributed by atoms with Crippen LogP contribution in [-0.4, -0.2) is 0 Å². The molecule has 0 heterocycles. The third-order valence-corrected chi connectivity index (χ3v) is 15.2. The summed E-state index contributed by atoms with van der Waals surface area (Å²) in [6, 6.07) is 62.5. The predicted octanol–water partition coefficient (Wildman–Crippen LogP) is 16.4. The van der Waals surface area contributed by atoms with Crippen LogP contribution >= 0.6 is 0 Å². The van der Waals surface area contributed by atoms with Gasteiger partial charge in [0.15, 0.2) is 0 Å². The van der Waals surface area contributed by atoms with E-state index < -0.39 is 5.41 Å². The van der Waals surface area contributed by atoms with Crippen molar-refractivity contribution in [1.82, 2.24) is 0 Å². The molecular weight excluding hydrogens is 781 g/mol. The second-order valence-electron chi connectivity index (χ2n) is 20.4. The van der Waals surface area contributed by atoms with Crippen LogP contribution in [-0.2, 0) is 28.1 Å². The van der Waals surface area contributed by atoms with Crippen molar-refractivity contribution in [2.75, 3.05) is 0 Å². The summed E-state index contributed by atoms with van der Waals surface area (Å²) in [6.45, 7) is 14.2. The molecule has 0 N–H and O–H groups in total. The average molecular weight is 837 g/mol. The van der Waals surface area contributed by atoms with E-state index in [-0.39, 0.29) is 16.2 Å². The molecule has 0 amide bonds. The van der Waals surface area contributed by atoms with E-state index in [0.717, 1.165) is 18.4 Å². The van der Waals surface area contributed by atoms with Gasteiger partial charge in [0, 0.05) is 10.8 Å². The minimum atomic E-state index is -0.573. The number of hydrogen-bond acceptors (Lipinski definition) is 0. The number of rotatable bonds is 7. The van der Waals surface area contributed by atoms with Gasteiger partial charge in [0.05, 0.1) is 5.41 Å². The highest BCUT2D eigenvalue weighted by Gasteiger charge is 2.50. The zero-order valence-electron chi connectivity index (χ0n) is 38.5. The van der Waals surface area contributed by atoms with Crippen LogP contribution in [0.3, 0.4) is 0 Å². The van der Waals surface area contributed by atoms with Crippen LogP contribution in [0.1, 0.15) is 98.0 Å². The molecule has 0 spiro atoms. The maximum atomic E-state index is 3.33. The molecule has 0 fully saturated rings. The Labute approximate surface area is 386 Å². The van der Waals surface area contributed by atoms with Gasteiger partial charge in [-0.3, -0.25) is 0 Å². The Bertz CT molecular complexity index is 3200. The maximum Gasteiger partial charge on any atom is 0.0713 e. The van der Waals surface area contributed by atoms with Crippen molar-refractivity contribution in [3.8, 4) is 33.4 Å². The molecule has 2 unspecified atom stereocenters. The van der Waals surface area contributed by atoms with E-state index in [2.05, 4.69) is 241 Å². The molecule has 0 bridgehead atoms. The summed E-state index contributed by atoms with van der Waals surface area (Å²) in [7, 11) is 0. The lowest BCUT2D eigenvalue weighted by molar-refractivity contribution is 0.508. The topological polar surface area (TPSA) is 0 Å². The summed E-state index contributed by atoms with van der Waals surface area (Å²) in [4.78, 5) is 0. The van der Waals surface area contributed by atoms with E-state index in [0.29, 0.717) is 0 Å². The van der Waals surface area contributed by atoms with Crippen LogP contribution in [0.2, 0.25) is 0 Å². The van der Waals surface area contributed by atoms with E-state index in [1.807, 2.05) is 12.2 Å². The van der Waals surface area contributed by atoms with Crippen LogP contribution in [0.5, 0.6) is 0 Å². The Morgan fingerprint density at radius 2 is 1.20 bits per heavy atom. The van der Waals surface area contributed by atoms with Gasteiger partial charge in [-0.15, -0.1) is 5.73 Å².